The third-order valence-electron chi connectivity index (χ3n) is 14.8. The summed E-state index contributed by atoms with van der Waals surface area (Å²) in [7, 11) is 0. The highest BCUT2D eigenvalue weighted by molar-refractivity contribution is 5.61. The van der Waals surface area contributed by atoms with Crippen LogP contribution in [0.1, 0.15) is 59.6 Å². The molecule has 0 radical (unpaired) electrons. The quantitative estimate of drug-likeness (QED) is 0.645. The number of tetrazole rings is 1. The second-order valence-corrected chi connectivity index (χ2v) is 15.3. The predicted molar refractivity (Wildman–Crippen MR) is 127 cm³/mol. The number of aromatic nitrogens is 6. The average molecular weight is 489 g/mol. The van der Waals surface area contributed by atoms with Crippen LogP contribution >= 0.6 is 0 Å². The third-order valence-corrected chi connectivity index (χ3v) is 14.8. The summed E-state index contributed by atoms with van der Waals surface area (Å²) in [6, 6.07) is 0. The van der Waals surface area contributed by atoms with Crippen molar-refractivity contribution < 1.29 is 4.52 Å². The zero-order valence-electron chi connectivity index (χ0n) is 20.6. The van der Waals surface area contributed by atoms with Crippen LogP contribution in [0.25, 0.3) is 0 Å². The molecule has 0 aromatic carbocycles. The summed E-state index contributed by atoms with van der Waals surface area (Å²) in [5.74, 6) is 14.8. The van der Waals surface area contributed by atoms with E-state index in [9.17, 15) is 4.79 Å². The van der Waals surface area contributed by atoms with Gasteiger partial charge in [0.15, 0.2) is 11.6 Å². The molecule has 8 heteroatoms. The highest BCUT2D eigenvalue weighted by atomic mass is 16.5. The molecule has 14 rings (SSSR count). The van der Waals surface area contributed by atoms with E-state index < -0.39 is 0 Å². The lowest BCUT2D eigenvalue weighted by Crippen LogP contribution is -3.11. The molecule has 0 spiro atoms. The van der Waals surface area contributed by atoms with Crippen molar-refractivity contribution in [2.75, 3.05) is 0 Å². The van der Waals surface area contributed by atoms with E-state index in [-0.39, 0.29) is 18.6 Å². The van der Waals surface area contributed by atoms with Gasteiger partial charge in [-0.2, -0.15) is 5.21 Å². The smallest absolute Gasteiger partial charge is 0.296 e. The van der Waals surface area contributed by atoms with E-state index in [1.807, 2.05) is 0 Å². The van der Waals surface area contributed by atoms with Gasteiger partial charge in [-0.15, -0.1) is 10.2 Å². The van der Waals surface area contributed by atoms with Crippen molar-refractivity contribution in [1.29, 1.82) is 0 Å². The Kier molecular flexibility index (Phi) is 2.80. The summed E-state index contributed by atoms with van der Waals surface area (Å²) < 4.78 is 4.72. The van der Waals surface area contributed by atoms with E-state index >= 15 is 0 Å². The summed E-state index contributed by atoms with van der Waals surface area (Å²) in [6.45, 7) is 9.48. The molecule has 12 aliphatic rings. The van der Waals surface area contributed by atoms with E-state index in [1.54, 1.807) is 0 Å². The van der Waals surface area contributed by atoms with Crippen LogP contribution in [0.15, 0.2) is 9.32 Å². The van der Waals surface area contributed by atoms with Crippen LogP contribution in [0.2, 0.25) is 0 Å². The van der Waals surface area contributed by atoms with E-state index in [0.717, 1.165) is 105 Å². The van der Waals surface area contributed by atoms with Crippen LogP contribution in [0.4, 0.5) is 0 Å². The molecule has 2 heterocycles. The van der Waals surface area contributed by atoms with Gasteiger partial charge in [0.2, 0.25) is 0 Å². The van der Waals surface area contributed by atoms with Crippen LogP contribution in [0.3, 0.4) is 0 Å². The minimum Gasteiger partial charge on any atom is -0.296 e. The Labute approximate surface area is 210 Å². The molecule has 0 unspecified atom stereocenters. The van der Waals surface area contributed by atoms with Gasteiger partial charge in [-0.25, -0.2) is 4.79 Å². The number of aromatic amines is 2. The maximum Gasteiger partial charge on any atom is 0.438 e. The van der Waals surface area contributed by atoms with Crippen molar-refractivity contribution in [2.24, 2.45) is 93.7 Å². The van der Waals surface area contributed by atoms with E-state index in [1.165, 1.54) is 12.8 Å². The SMILES string of the molecule is C.CC(C)CC12C3C4C1C1C2C3C41c1nn[nH]n1.CC(C)CC12C3C4C1C1C2C3C41c1noc(=O)[nH]1. The van der Waals surface area contributed by atoms with Gasteiger partial charge < -0.3 is 0 Å². The molecular formula is C28H36N6O2. The molecule has 0 amide bonds. The number of hydrogen-bond donors (Lipinski definition) is 2. The fourth-order valence-electron chi connectivity index (χ4n) is 15.4. The first-order valence-electron chi connectivity index (χ1n) is 14.2. The zero-order valence-corrected chi connectivity index (χ0v) is 20.6. The normalized spacial score (nSPS) is 62.9. The van der Waals surface area contributed by atoms with E-state index in [4.69, 9.17) is 4.52 Å². The molecule has 2 aromatic heterocycles. The molecule has 190 valence electrons. The number of nitrogens with zero attached hydrogens (tertiary/aromatic N) is 4. The number of H-pyrrole nitrogens is 2. The fourth-order valence-corrected chi connectivity index (χ4v) is 15.4. The molecular weight excluding hydrogens is 452 g/mol. The van der Waals surface area contributed by atoms with Crippen LogP contribution < -0.4 is 5.76 Å². The van der Waals surface area contributed by atoms with Crippen molar-refractivity contribution in [3.63, 3.8) is 0 Å². The Balaban J connectivity index is 0.0000000996. The second-order valence-electron chi connectivity index (χ2n) is 15.3. The van der Waals surface area contributed by atoms with Crippen molar-refractivity contribution in [1.82, 2.24) is 30.8 Å². The van der Waals surface area contributed by atoms with Crippen molar-refractivity contribution >= 4 is 0 Å². The average Bonchev–Trinajstić information content (AvgIpc) is 3.52. The first-order valence-corrected chi connectivity index (χ1v) is 14.2. The monoisotopic (exact) mass is 488 g/mol. The topological polar surface area (TPSA) is 113 Å². The molecule has 12 saturated carbocycles. The summed E-state index contributed by atoms with van der Waals surface area (Å²) in [6.07, 6.45) is 2.92. The van der Waals surface area contributed by atoms with Gasteiger partial charge in [0.1, 0.15) is 0 Å². The molecule has 36 heavy (non-hydrogen) atoms. The Hall–Kier alpha value is -1.99. The number of rotatable bonds is 6. The van der Waals surface area contributed by atoms with Gasteiger partial charge in [0, 0.05) is 10.8 Å². The van der Waals surface area contributed by atoms with Crippen molar-refractivity contribution in [2.45, 2.75) is 58.8 Å². The first-order chi connectivity index (χ1) is 16.9. The minimum atomic E-state index is -0.379. The lowest BCUT2D eigenvalue weighted by atomic mass is 8.92. The molecule has 12 fully saturated rings. The molecule has 2 N–H and O–H groups in total. The zero-order chi connectivity index (χ0) is 23.2. The predicted octanol–water partition coefficient (Wildman–Crippen LogP) is 3.27. The fraction of sp³-hybridized carbons (Fsp3) is 0.893. The van der Waals surface area contributed by atoms with E-state index in [0.29, 0.717) is 5.41 Å². The van der Waals surface area contributed by atoms with Gasteiger partial charge in [-0.3, -0.25) is 9.51 Å². The lowest BCUT2D eigenvalue weighted by Gasteiger charge is -3.11. The minimum absolute atomic E-state index is 0. The number of hydrogen-bond acceptors (Lipinski definition) is 6. The van der Waals surface area contributed by atoms with Crippen LogP contribution in [-0.4, -0.2) is 30.8 Å². The largest absolute Gasteiger partial charge is 0.438 e. The summed E-state index contributed by atoms with van der Waals surface area (Å²) in [4.78, 5) is 14.0. The van der Waals surface area contributed by atoms with Gasteiger partial charge in [-0.05, 0) is 107 Å². The van der Waals surface area contributed by atoms with Crippen molar-refractivity contribution in [3.8, 4) is 0 Å². The van der Waals surface area contributed by atoms with Crippen LogP contribution in [0.5, 0.6) is 0 Å². The van der Waals surface area contributed by atoms with Gasteiger partial charge in [0.25, 0.3) is 0 Å². The van der Waals surface area contributed by atoms with Gasteiger partial charge in [0.05, 0.1) is 0 Å². The molecule has 8 nitrogen and oxygen atoms in total. The Morgan fingerprint density at radius 3 is 1.61 bits per heavy atom. The molecule has 0 atom stereocenters. The molecule has 0 aliphatic heterocycles. The molecule has 0 bridgehead atoms. The Bertz CT molecular complexity index is 1310. The highest BCUT2D eigenvalue weighted by Crippen LogP contribution is 3.11. The van der Waals surface area contributed by atoms with Crippen LogP contribution in [0, 0.1) is 93.7 Å². The highest BCUT2D eigenvalue weighted by Gasteiger charge is 3.11. The lowest BCUT2D eigenvalue weighted by molar-refractivity contribution is -0.632. The maximum atomic E-state index is 11.2. The van der Waals surface area contributed by atoms with E-state index in [2.05, 4.69) is 58.5 Å². The van der Waals surface area contributed by atoms with Gasteiger partial charge >= 0.3 is 5.76 Å². The van der Waals surface area contributed by atoms with Gasteiger partial charge in [-0.1, -0.05) is 45.5 Å². The maximum absolute atomic E-state index is 11.2. The number of nitrogens with one attached hydrogen (secondary N) is 2. The third kappa shape index (κ3) is 1.26. The molecule has 2 aromatic rings. The summed E-state index contributed by atoms with van der Waals surface area (Å²) in [5.41, 5.74) is 2.29. The summed E-state index contributed by atoms with van der Waals surface area (Å²) >= 11 is 0. The van der Waals surface area contributed by atoms with Crippen molar-refractivity contribution in [3.05, 3.63) is 22.2 Å². The Morgan fingerprint density at radius 2 is 1.25 bits per heavy atom. The molecule has 12 aliphatic carbocycles. The Morgan fingerprint density at radius 1 is 0.778 bits per heavy atom. The van der Waals surface area contributed by atoms with Crippen LogP contribution in [-0.2, 0) is 10.8 Å². The summed E-state index contributed by atoms with van der Waals surface area (Å²) in [5, 5.41) is 19.0. The standard InChI is InChI=1S/C14H16N2O2.C13H16N4.CH4/c1-4(2)3-13-5-8-6(13)10-7(13)9(5)14(8,10)11-15-12(17)18-16-11;1-4(2)3-12-5-8-6(12)10-7(12)9(5)13(8,10)11-14-16-17-15-11;/h4-10H,3H2,1-2H3,(H,15,16,17);4-10H,3H2,1-2H3,(H,14,15,16,17);1H4. The second kappa shape index (κ2) is 5.03. The first kappa shape index (κ1) is 20.0. The molecule has 0 saturated heterocycles.